The molecule has 0 saturated carbocycles. The molecule has 9 aromatic rings. The van der Waals surface area contributed by atoms with Crippen LogP contribution >= 0.6 is 8.25 Å². The number of rotatable bonds is 21. The third kappa shape index (κ3) is 10.2. The van der Waals surface area contributed by atoms with E-state index in [1.807, 2.05) is 111 Å². The molecule has 10 rings (SSSR count). The van der Waals surface area contributed by atoms with Gasteiger partial charge < -0.3 is 28.0 Å². The maximum absolute atomic E-state index is 14.5. The van der Waals surface area contributed by atoms with Crippen LogP contribution in [0.1, 0.15) is 67.9 Å². The maximum Gasteiger partial charge on any atom is 0.330 e. The molecule has 4 unspecified atom stereocenters. The number of aromatic nitrogens is 5. The van der Waals surface area contributed by atoms with E-state index in [-0.39, 0.29) is 25.3 Å². The van der Waals surface area contributed by atoms with Crippen molar-refractivity contribution in [2.24, 2.45) is 0 Å². The van der Waals surface area contributed by atoms with Crippen LogP contribution in [0.4, 0.5) is 0 Å². The minimum Gasteiger partial charge on any atom is -0.497 e. The van der Waals surface area contributed by atoms with Gasteiger partial charge in [0.1, 0.15) is 41.4 Å². The molecule has 76 heavy (non-hydrogen) atoms. The second-order valence-electron chi connectivity index (χ2n) is 19.6. The highest BCUT2D eigenvalue weighted by Crippen LogP contribution is 2.47. The summed E-state index contributed by atoms with van der Waals surface area (Å²) in [4.78, 5) is 30.8. The Morgan fingerprint density at radius 3 is 2.00 bits per heavy atom. The lowest BCUT2D eigenvalue weighted by molar-refractivity contribution is -0.0927. The highest BCUT2D eigenvalue weighted by molar-refractivity contribution is 7.33. The fourth-order valence-corrected chi connectivity index (χ4v) is 11.9. The summed E-state index contributed by atoms with van der Waals surface area (Å²) < 4.78 is 55.3. The van der Waals surface area contributed by atoms with Gasteiger partial charge in [-0.3, -0.25) is 23.8 Å². The molecular formula is C59H60N7O9P. The molecule has 1 aliphatic heterocycles. The molecule has 16 nitrogen and oxygen atoms in total. The number of aryl methyl sites for hydroxylation is 2. The third-order valence-corrected chi connectivity index (χ3v) is 15.4. The average molecular weight is 1040 g/mol. The zero-order chi connectivity index (χ0) is 53.1. The molecule has 0 amide bonds. The van der Waals surface area contributed by atoms with Gasteiger partial charge in [0, 0.05) is 30.5 Å². The van der Waals surface area contributed by atoms with Gasteiger partial charge in [-0.05, 0) is 119 Å². The molecule has 1 N–H and O–H groups in total. The Hall–Kier alpha value is -7.48. The number of nitriles is 1. The smallest absolute Gasteiger partial charge is 0.330 e. The summed E-state index contributed by atoms with van der Waals surface area (Å²) in [6, 6.07) is 46.0. The first kappa shape index (κ1) is 52.0. The Morgan fingerprint density at radius 1 is 0.763 bits per heavy atom. The Labute approximate surface area is 440 Å². The number of nitrogens with one attached hydrogen (secondary N) is 1. The number of benzene rings is 7. The van der Waals surface area contributed by atoms with Gasteiger partial charge in [0.2, 0.25) is 0 Å². The van der Waals surface area contributed by atoms with Crippen molar-refractivity contribution in [3.63, 3.8) is 0 Å². The molecule has 1 aliphatic rings. The first-order chi connectivity index (χ1) is 36.9. The zero-order valence-electron chi connectivity index (χ0n) is 43.2. The SMILES string of the molecule is COc1ccc(C(OC[C@@H]2O[C@H](n3ccc(=O)[nH]c3=O)C(n3cc(CCc4ccc5ccc6cccc7ccc4c5c67)nn3)C2O[PH](=O)OCC(C#N)N(C(C)C)C(C)C)(c2ccccc2)c2ccc(OC)cc2)cc1. The second-order valence-corrected chi connectivity index (χ2v) is 20.6. The minimum absolute atomic E-state index is 0.0152. The first-order valence-electron chi connectivity index (χ1n) is 25.4. The molecule has 0 aliphatic carbocycles. The molecule has 7 aromatic carbocycles. The molecule has 3 heterocycles. The van der Waals surface area contributed by atoms with Crippen molar-refractivity contribution in [3.8, 4) is 17.6 Å². The fraction of sp³-hybridized carbons (Fsp3) is 0.305. The first-order valence-corrected chi connectivity index (χ1v) is 26.6. The maximum atomic E-state index is 14.5. The summed E-state index contributed by atoms with van der Waals surface area (Å²) in [5, 5.41) is 26.8. The van der Waals surface area contributed by atoms with E-state index in [0.29, 0.717) is 30.0 Å². The second kappa shape index (κ2) is 22.4. The van der Waals surface area contributed by atoms with Crippen LogP contribution in [0, 0.1) is 11.3 Å². The Bertz CT molecular complexity index is 3560. The molecule has 1 saturated heterocycles. The zero-order valence-corrected chi connectivity index (χ0v) is 44.2. The van der Waals surface area contributed by atoms with Crippen LogP contribution in [0.25, 0.3) is 32.3 Å². The predicted molar refractivity (Wildman–Crippen MR) is 291 cm³/mol. The molecule has 17 heteroatoms. The molecule has 0 bridgehead atoms. The van der Waals surface area contributed by atoms with E-state index < -0.39 is 55.6 Å². The van der Waals surface area contributed by atoms with Crippen LogP contribution in [0.15, 0.2) is 162 Å². The lowest BCUT2D eigenvalue weighted by atomic mass is 9.80. The Morgan fingerprint density at radius 2 is 1.38 bits per heavy atom. The molecule has 0 radical (unpaired) electrons. The van der Waals surface area contributed by atoms with Gasteiger partial charge in [-0.25, -0.2) is 9.48 Å². The van der Waals surface area contributed by atoms with Crippen molar-refractivity contribution in [2.45, 2.75) is 88.7 Å². The van der Waals surface area contributed by atoms with Crippen molar-refractivity contribution in [1.29, 1.82) is 5.26 Å². The van der Waals surface area contributed by atoms with Gasteiger partial charge >= 0.3 is 13.9 Å². The van der Waals surface area contributed by atoms with Gasteiger partial charge in [0.15, 0.2) is 6.23 Å². The van der Waals surface area contributed by atoms with E-state index in [1.54, 1.807) is 25.1 Å². The standard InChI is InChI=1S/C59H60N7O9P/c1-37(2)66(38(3)4)47(33-60)35-73-76(69)75-56-51(36-72-59(43-13-8-7-9-14-43,44-21-26-48(70-5)27-22-44)45-23-28-49(71-6)29-24-45)74-57(64-32-31-52(67)61-58(64)68)55(56)65-34-46(62-63-65)25-19-39-15-16-42-18-17-40-11-10-12-41-20-30-50(39)54(42)53(40)41/h7-18,20-24,26-32,34,37-38,47,51,55-57,76H,19,25,35-36H2,1-6H3,(H,61,67,68)/t47?,51-,55?,56?,57-/m0/s1. The monoisotopic (exact) mass is 1040 g/mol. The Kier molecular flexibility index (Phi) is 15.3. The lowest BCUT2D eigenvalue weighted by Gasteiger charge is -2.37. The summed E-state index contributed by atoms with van der Waals surface area (Å²) in [7, 11) is -0.254. The van der Waals surface area contributed by atoms with E-state index in [1.165, 1.54) is 43.8 Å². The van der Waals surface area contributed by atoms with Crippen LogP contribution in [0.2, 0.25) is 0 Å². The lowest BCUT2D eigenvalue weighted by Crippen LogP contribution is -2.46. The van der Waals surface area contributed by atoms with Crippen molar-refractivity contribution < 1.29 is 32.6 Å². The van der Waals surface area contributed by atoms with E-state index in [0.717, 1.165) is 27.6 Å². The van der Waals surface area contributed by atoms with Crippen molar-refractivity contribution in [3.05, 3.63) is 201 Å². The van der Waals surface area contributed by atoms with Gasteiger partial charge in [0.05, 0.1) is 39.2 Å². The summed E-state index contributed by atoms with van der Waals surface area (Å²) in [5.74, 6) is 1.28. The van der Waals surface area contributed by atoms with Crippen molar-refractivity contribution in [2.75, 3.05) is 27.4 Å². The number of nitrogens with zero attached hydrogens (tertiary/aromatic N) is 6. The number of hydrogen-bond acceptors (Lipinski definition) is 13. The van der Waals surface area contributed by atoms with Crippen molar-refractivity contribution in [1.82, 2.24) is 29.4 Å². The van der Waals surface area contributed by atoms with Crippen molar-refractivity contribution >= 4 is 40.6 Å². The fourth-order valence-electron chi connectivity index (χ4n) is 11.1. The number of H-pyrrole nitrogens is 1. The van der Waals surface area contributed by atoms with Crippen LogP contribution < -0.4 is 20.7 Å². The highest BCUT2D eigenvalue weighted by Gasteiger charge is 2.51. The van der Waals surface area contributed by atoms with E-state index in [4.69, 9.17) is 28.0 Å². The summed E-state index contributed by atoms with van der Waals surface area (Å²) in [6.07, 6.45) is 0.749. The van der Waals surface area contributed by atoms with Crippen LogP contribution in [0.5, 0.6) is 11.5 Å². The molecule has 1 fully saturated rings. The number of hydrogen-bond donors (Lipinski definition) is 1. The normalized spacial score (nSPS) is 17.8. The van der Waals surface area contributed by atoms with Crippen LogP contribution in [-0.4, -0.2) is 87.2 Å². The highest BCUT2D eigenvalue weighted by atomic mass is 31.1. The van der Waals surface area contributed by atoms with E-state index >= 15 is 0 Å². The Balaban J connectivity index is 1.05. The molecule has 6 atom stereocenters. The number of ether oxygens (including phenoxy) is 4. The van der Waals surface area contributed by atoms with Gasteiger partial charge in [0.25, 0.3) is 5.56 Å². The third-order valence-electron chi connectivity index (χ3n) is 14.5. The summed E-state index contributed by atoms with van der Waals surface area (Å²) in [6.45, 7) is 7.51. The van der Waals surface area contributed by atoms with Gasteiger partial charge in [-0.1, -0.05) is 114 Å². The predicted octanol–water partition coefficient (Wildman–Crippen LogP) is 9.78. The largest absolute Gasteiger partial charge is 0.497 e. The van der Waals surface area contributed by atoms with Crippen LogP contribution in [-0.2, 0) is 41.5 Å². The number of methoxy groups -OCH3 is 2. The van der Waals surface area contributed by atoms with Crippen LogP contribution in [0.3, 0.4) is 0 Å². The van der Waals surface area contributed by atoms with E-state index in [2.05, 4.69) is 76.0 Å². The molecular weight excluding hydrogens is 982 g/mol. The van der Waals surface area contributed by atoms with Gasteiger partial charge in [-0.2, -0.15) is 5.26 Å². The summed E-state index contributed by atoms with van der Waals surface area (Å²) in [5.41, 5.74) is 1.38. The molecule has 390 valence electrons. The molecule has 2 aromatic heterocycles. The average Bonchev–Trinajstić information content (AvgIpc) is 4.08. The molecule has 0 spiro atoms. The quantitative estimate of drug-likeness (QED) is 0.0408. The topological polar surface area (TPSA) is 185 Å². The minimum atomic E-state index is -3.46. The van der Waals surface area contributed by atoms with Gasteiger partial charge in [-0.15, -0.1) is 5.10 Å². The van der Waals surface area contributed by atoms with E-state index in [9.17, 15) is 19.4 Å². The number of aromatic amines is 1. The summed E-state index contributed by atoms with van der Waals surface area (Å²) >= 11 is 0.